The summed E-state index contributed by atoms with van der Waals surface area (Å²) in [6.45, 7) is 10.4. The fourth-order valence-electron chi connectivity index (χ4n) is 2.44. The van der Waals surface area contributed by atoms with Crippen LogP contribution in [0.3, 0.4) is 0 Å². The summed E-state index contributed by atoms with van der Waals surface area (Å²) in [4.78, 5) is 0. The van der Waals surface area contributed by atoms with Crippen molar-refractivity contribution < 1.29 is 4.74 Å². The Morgan fingerprint density at radius 3 is 2.53 bits per heavy atom. The summed E-state index contributed by atoms with van der Waals surface area (Å²) in [5.74, 6) is 0. The molecule has 0 aliphatic carbocycles. The van der Waals surface area contributed by atoms with Crippen LogP contribution in [0, 0.1) is 0 Å². The predicted molar refractivity (Wildman–Crippen MR) is 70.4 cm³/mol. The van der Waals surface area contributed by atoms with Crippen LogP contribution in [0.2, 0.25) is 19.6 Å². The number of hydrogen-bond donors (Lipinski definition) is 0. The van der Waals surface area contributed by atoms with E-state index in [4.69, 9.17) is 16.3 Å². The minimum absolute atomic E-state index is 0.147. The van der Waals surface area contributed by atoms with Crippen molar-refractivity contribution in [1.82, 2.24) is 0 Å². The van der Waals surface area contributed by atoms with Gasteiger partial charge in [-0.15, -0.1) is 11.6 Å². The van der Waals surface area contributed by atoms with Gasteiger partial charge < -0.3 is 4.74 Å². The van der Waals surface area contributed by atoms with Gasteiger partial charge in [0, 0.05) is 12.0 Å². The van der Waals surface area contributed by atoms with E-state index in [0.29, 0.717) is 5.38 Å². The van der Waals surface area contributed by atoms with Crippen LogP contribution in [0.5, 0.6) is 0 Å². The fraction of sp³-hybridized carbons (Fsp3) is 1.00. The van der Waals surface area contributed by atoms with E-state index < -0.39 is 8.07 Å². The van der Waals surface area contributed by atoms with Gasteiger partial charge in [0.2, 0.25) is 0 Å². The quantitative estimate of drug-likeness (QED) is 0.535. The molecule has 0 spiro atoms. The van der Waals surface area contributed by atoms with Gasteiger partial charge in [-0.1, -0.05) is 39.4 Å². The van der Waals surface area contributed by atoms with Crippen LogP contribution in [0.1, 0.15) is 39.0 Å². The normalized spacial score (nSPS) is 33.0. The molecule has 2 unspecified atom stereocenters. The van der Waals surface area contributed by atoms with Crippen molar-refractivity contribution in [2.75, 3.05) is 6.61 Å². The Morgan fingerprint density at radius 2 is 2.07 bits per heavy atom. The summed E-state index contributed by atoms with van der Waals surface area (Å²) in [5.41, 5.74) is 0. The van der Waals surface area contributed by atoms with E-state index in [1.54, 1.807) is 0 Å². The average Bonchev–Trinajstić information content (AvgIpc) is 2.13. The summed E-state index contributed by atoms with van der Waals surface area (Å²) in [6, 6.07) is 0. The van der Waals surface area contributed by atoms with E-state index >= 15 is 0 Å². The molecule has 0 aromatic carbocycles. The van der Waals surface area contributed by atoms with E-state index in [1.165, 1.54) is 19.3 Å². The van der Waals surface area contributed by atoms with Gasteiger partial charge in [0.15, 0.2) is 0 Å². The second kappa shape index (κ2) is 5.20. The fourth-order valence-corrected chi connectivity index (χ4v) is 5.22. The number of alkyl halides is 1. The maximum Gasteiger partial charge on any atom is 0.0825 e. The molecule has 1 fully saturated rings. The highest BCUT2D eigenvalue weighted by Crippen LogP contribution is 2.39. The van der Waals surface area contributed by atoms with E-state index in [1.807, 2.05) is 0 Å². The SMILES string of the molecule is CCCCC1([Si](C)(C)C)CC(Cl)CCO1. The van der Waals surface area contributed by atoms with Gasteiger partial charge in [-0.05, 0) is 19.3 Å². The zero-order valence-corrected chi connectivity index (χ0v) is 12.4. The summed E-state index contributed by atoms with van der Waals surface area (Å²) in [5, 5.41) is 0.482. The molecular weight excluding hydrogens is 224 g/mol. The van der Waals surface area contributed by atoms with E-state index in [2.05, 4.69) is 26.6 Å². The number of rotatable bonds is 4. The minimum Gasteiger partial charge on any atom is -0.378 e. The Hall–Kier alpha value is 0.467. The lowest BCUT2D eigenvalue weighted by Gasteiger charge is -2.47. The first-order valence-electron chi connectivity index (χ1n) is 6.19. The molecular formula is C12H25ClOSi. The summed E-state index contributed by atoms with van der Waals surface area (Å²) in [6.07, 6.45) is 5.84. The Balaban J connectivity index is 2.75. The maximum absolute atomic E-state index is 6.33. The van der Waals surface area contributed by atoms with Gasteiger partial charge >= 0.3 is 0 Å². The van der Waals surface area contributed by atoms with Crippen LogP contribution >= 0.6 is 11.6 Å². The van der Waals surface area contributed by atoms with E-state index in [-0.39, 0.29) is 5.22 Å². The van der Waals surface area contributed by atoms with Crippen molar-refractivity contribution in [3.05, 3.63) is 0 Å². The molecule has 90 valence electrons. The molecule has 1 rings (SSSR count). The van der Waals surface area contributed by atoms with Crippen LogP contribution in [-0.4, -0.2) is 25.3 Å². The molecule has 0 saturated carbocycles. The number of unbranched alkanes of at least 4 members (excludes halogenated alkanes) is 1. The predicted octanol–water partition coefficient (Wildman–Crippen LogP) is 4.21. The third kappa shape index (κ3) is 3.21. The van der Waals surface area contributed by atoms with Crippen LogP contribution in [-0.2, 0) is 4.74 Å². The number of hydrogen-bond acceptors (Lipinski definition) is 1. The summed E-state index contributed by atoms with van der Waals surface area (Å²) >= 11 is 6.33. The third-order valence-electron chi connectivity index (χ3n) is 3.66. The van der Waals surface area contributed by atoms with E-state index in [0.717, 1.165) is 19.4 Å². The lowest BCUT2D eigenvalue weighted by atomic mass is 10.0. The lowest BCUT2D eigenvalue weighted by molar-refractivity contribution is -0.0304. The highest BCUT2D eigenvalue weighted by atomic mass is 35.5. The molecule has 0 aromatic heterocycles. The van der Waals surface area contributed by atoms with Gasteiger partial charge in [0.25, 0.3) is 0 Å². The molecule has 1 saturated heterocycles. The van der Waals surface area contributed by atoms with E-state index in [9.17, 15) is 0 Å². The van der Waals surface area contributed by atoms with Crippen molar-refractivity contribution in [2.24, 2.45) is 0 Å². The first-order valence-corrected chi connectivity index (χ1v) is 10.1. The van der Waals surface area contributed by atoms with Crippen molar-refractivity contribution in [3.63, 3.8) is 0 Å². The molecule has 1 heterocycles. The van der Waals surface area contributed by atoms with Crippen LogP contribution < -0.4 is 0 Å². The van der Waals surface area contributed by atoms with Crippen LogP contribution in [0.4, 0.5) is 0 Å². The Labute approximate surface area is 101 Å². The molecule has 2 atom stereocenters. The Bertz CT molecular complexity index is 202. The van der Waals surface area contributed by atoms with Gasteiger partial charge in [-0.25, -0.2) is 0 Å². The molecule has 1 aliphatic rings. The van der Waals surface area contributed by atoms with Crippen molar-refractivity contribution in [3.8, 4) is 0 Å². The largest absolute Gasteiger partial charge is 0.378 e. The zero-order valence-electron chi connectivity index (χ0n) is 10.6. The number of ether oxygens (including phenoxy) is 1. The Kier molecular flexibility index (Phi) is 4.69. The molecule has 0 aromatic rings. The highest BCUT2D eigenvalue weighted by molar-refractivity contribution is 6.79. The minimum atomic E-state index is -1.29. The van der Waals surface area contributed by atoms with Gasteiger partial charge in [-0.3, -0.25) is 0 Å². The van der Waals surface area contributed by atoms with Gasteiger partial charge in [0.05, 0.1) is 13.3 Å². The topological polar surface area (TPSA) is 9.23 Å². The summed E-state index contributed by atoms with van der Waals surface area (Å²) < 4.78 is 6.18. The van der Waals surface area contributed by atoms with Crippen molar-refractivity contribution in [1.29, 1.82) is 0 Å². The molecule has 0 bridgehead atoms. The standard InChI is InChI=1S/C12H25ClOSi/c1-5-6-8-12(15(2,3)4)10-11(13)7-9-14-12/h11H,5-10H2,1-4H3. The lowest BCUT2D eigenvalue weighted by Crippen LogP contribution is -2.57. The molecule has 1 nitrogen and oxygen atoms in total. The van der Waals surface area contributed by atoms with Crippen molar-refractivity contribution in [2.45, 2.75) is 69.3 Å². The van der Waals surface area contributed by atoms with Crippen molar-refractivity contribution >= 4 is 19.7 Å². The first-order chi connectivity index (χ1) is 6.91. The molecule has 0 amide bonds. The molecule has 3 heteroatoms. The first kappa shape index (κ1) is 13.5. The maximum atomic E-state index is 6.33. The third-order valence-corrected chi connectivity index (χ3v) is 7.37. The molecule has 0 N–H and O–H groups in total. The Morgan fingerprint density at radius 1 is 1.40 bits per heavy atom. The second-order valence-corrected chi connectivity index (χ2v) is 11.8. The number of halogens is 1. The van der Waals surface area contributed by atoms with Gasteiger partial charge in [-0.2, -0.15) is 0 Å². The highest BCUT2D eigenvalue weighted by Gasteiger charge is 2.46. The van der Waals surface area contributed by atoms with Crippen LogP contribution in [0.25, 0.3) is 0 Å². The molecule has 0 radical (unpaired) electrons. The zero-order chi connectivity index (χ0) is 11.5. The van der Waals surface area contributed by atoms with Gasteiger partial charge in [0.1, 0.15) is 0 Å². The smallest absolute Gasteiger partial charge is 0.0825 e. The second-order valence-electron chi connectivity index (χ2n) is 5.79. The average molecular weight is 249 g/mol. The molecule has 15 heavy (non-hydrogen) atoms. The monoisotopic (exact) mass is 248 g/mol. The summed E-state index contributed by atoms with van der Waals surface area (Å²) in [7, 11) is -1.29. The van der Waals surface area contributed by atoms with Crippen LogP contribution in [0.15, 0.2) is 0 Å². The molecule has 1 aliphatic heterocycles.